The van der Waals surface area contributed by atoms with E-state index in [1.807, 2.05) is 6.92 Å². The first-order chi connectivity index (χ1) is 7.18. The summed E-state index contributed by atoms with van der Waals surface area (Å²) in [6.07, 6.45) is 0. The number of ether oxygens (including phenoxy) is 1. The molecular weight excluding hydrogens is 196 g/mol. The lowest BCUT2D eigenvalue weighted by Crippen LogP contribution is -2.47. The van der Waals surface area contributed by atoms with Crippen molar-refractivity contribution in [3.8, 4) is 0 Å². The molecule has 1 atom stereocenters. The Kier molecular flexibility index (Phi) is 2.73. The number of hydrogen-bond acceptors (Lipinski definition) is 4. The van der Waals surface area contributed by atoms with Gasteiger partial charge in [-0.3, -0.25) is 4.79 Å². The van der Waals surface area contributed by atoms with Crippen LogP contribution in [-0.4, -0.2) is 41.8 Å². The fraction of sp³-hybridized carbons (Fsp3) is 0.600. The Balaban J connectivity index is 2.13. The van der Waals surface area contributed by atoms with Gasteiger partial charge in [0.15, 0.2) is 0 Å². The van der Waals surface area contributed by atoms with Gasteiger partial charge in [0, 0.05) is 12.6 Å². The van der Waals surface area contributed by atoms with Crippen LogP contribution >= 0.6 is 0 Å². The lowest BCUT2D eigenvalue weighted by Gasteiger charge is -2.32. The minimum absolute atomic E-state index is 0.0941. The van der Waals surface area contributed by atoms with Crippen molar-refractivity contribution in [1.29, 1.82) is 0 Å². The third kappa shape index (κ3) is 2.02. The fourth-order valence-electron chi connectivity index (χ4n) is 1.63. The summed E-state index contributed by atoms with van der Waals surface area (Å²) in [5.74, 6) is 0.202. The van der Waals surface area contributed by atoms with Crippen LogP contribution in [0.4, 0.5) is 0 Å². The van der Waals surface area contributed by atoms with Crippen LogP contribution in [0, 0.1) is 6.92 Å². The van der Waals surface area contributed by atoms with Gasteiger partial charge >= 0.3 is 0 Å². The fourth-order valence-corrected chi connectivity index (χ4v) is 1.63. The van der Waals surface area contributed by atoms with Gasteiger partial charge < -0.3 is 14.2 Å². The zero-order valence-electron chi connectivity index (χ0n) is 8.90. The van der Waals surface area contributed by atoms with Gasteiger partial charge in [0.25, 0.3) is 5.91 Å². The number of nitrogens with zero attached hydrogens (tertiary/aromatic N) is 2. The van der Waals surface area contributed by atoms with Crippen molar-refractivity contribution in [2.45, 2.75) is 19.9 Å². The van der Waals surface area contributed by atoms with Gasteiger partial charge in [0.05, 0.1) is 24.9 Å². The molecule has 1 aliphatic rings. The maximum absolute atomic E-state index is 12.0. The third-order valence-electron chi connectivity index (χ3n) is 2.47. The van der Waals surface area contributed by atoms with Crippen molar-refractivity contribution in [3.05, 3.63) is 17.5 Å². The molecule has 5 heteroatoms. The molecule has 0 unspecified atom stereocenters. The van der Waals surface area contributed by atoms with Crippen molar-refractivity contribution in [3.63, 3.8) is 0 Å². The van der Waals surface area contributed by atoms with E-state index in [9.17, 15) is 4.79 Å². The smallest absolute Gasteiger partial charge is 0.292 e. The summed E-state index contributed by atoms with van der Waals surface area (Å²) in [6.45, 7) is 5.53. The summed E-state index contributed by atoms with van der Waals surface area (Å²) >= 11 is 0. The summed E-state index contributed by atoms with van der Waals surface area (Å²) in [4.78, 5) is 13.7. The van der Waals surface area contributed by atoms with E-state index in [-0.39, 0.29) is 11.9 Å². The first-order valence-electron chi connectivity index (χ1n) is 5.00. The minimum Gasteiger partial charge on any atom is -0.377 e. The molecule has 1 aliphatic heterocycles. The second-order valence-electron chi connectivity index (χ2n) is 3.76. The maximum Gasteiger partial charge on any atom is 0.292 e. The summed E-state index contributed by atoms with van der Waals surface area (Å²) in [7, 11) is 0. The molecule has 0 saturated carbocycles. The van der Waals surface area contributed by atoms with Gasteiger partial charge in [0.2, 0.25) is 5.76 Å². The van der Waals surface area contributed by atoms with Crippen molar-refractivity contribution < 1.29 is 14.1 Å². The zero-order valence-corrected chi connectivity index (χ0v) is 8.90. The Bertz CT molecular complexity index is 361. The number of aryl methyl sites for hydroxylation is 1. The van der Waals surface area contributed by atoms with E-state index < -0.39 is 0 Å². The minimum atomic E-state index is -0.105. The number of rotatable bonds is 1. The number of hydrogen-bond donors (Lipinski definition) is 0. The molecule has 2 rings (SSSR count). The molecule has 1 fully saturated rings. The Morgan fingerprint density at radius 3 is 3.07 bits per heavy atom. The van der Waals surface area contributed by atoms with E-state index in [4.69, 9.17) is 9.26 Å². The van der Waals surface area contributed by atoms with Gasteiger partial charge in [0.1, 0.15) is 0 Å². The molecule has 0 aromatic carbocycles. The van der Waals surface area contributed by atoms with Gasteiger partial charge in [-0.05, 0) is 13.8 Å². The number of amides is 1. The molecule has 1 aromatic heterocycles. The molecule has 1 amide bonds. The molecule has 0 bridgehead atoms. The third-order valence-corrected chi connectivity index (χ3v) is 2.47. The highest BCUT2D eigenvalue weighted by Crippen LogP contribution is 2.12. The van der Waals surface area contributed by atoms with Crippen molar-refractivity contribution in [2.24, 2.45) is 0 Å². The van der Waals surface area contributed by atoms with Gasteiger partial charge in [-0.1, -0.05) is 5.16 Å². The first kappa shape index (κ1) is 10.2. The Morgan fingerprint density at radius 1 is 1.67 bits per heavy atom. The van der Waals surface area contributed by atoms with Gasteiger partial charge in [-0.15, -0.1) is 0 Å². The molecule has 5 nitrogen and oxygen atoms in total. The van der Waals surface area contributed by atoms with Crippen LogP contribution in [0.25, 0.3) is 0 Å². The van der Waals surface area contributed by atoms with Crippen LogP contribution in [0.2, 0.25) is 0 Å². The lowest BCUT2D eigenvalue weighted by molar-refractivity contribution is 0.00155. The quantitative estimate of drug-likeness (QED) is 0.689. The Morgan fingerprint density at radius 2 is 2.47 bits per heavy atom. The first-order valence-corrected chi connectivity index (χ1v) is 5.00. The molecule has 15 heavy (non-hydrogen) atoms. The van der Waals surface area contributed by atoms with Crippen LogP contribution in [0.5, 0.6) is 0 Å². The maximum atomic E-state index is 12.0. The number of carbonyl (C=O) groups excluding carboxylic acids is 1. The summed E-state index contributed by atoms with van der Waals surface area (Å²) in [5.41, 5.74) is 0.722. The van der Waals surface area contributed by atoms with E-state index in [0.29, 0.717) is 25.5 Å². The van der Waals surface area contributed by atoms with Crippen molar-refractivity contribution in [2.75, 3.05) is 19.8 Å². The zero-order chi connectivity index (χ0) is 10.8. The highest BCUT2D eigenvalue weighted by molar-refractivity contribution is 5.91. The van der Waals surface area contributed by atoms with Crippen LogP contribution in [0.1, 0.15) is 23.2 Å². The highest BCUT2D eigenvalue weighted by atomic mass is 16.5. The predicted molar refractivity (Wildman–Crippen MR) is 52.6 cm³/mol. The Hall–Kier alpha value is -1.36. The molecule has 0 radical (unpaired) electrons. The van der Waals surface area contributed by atoms with Crippen molar-refractivity contribution >= 4 is 5.91 Å². The molecular formula is C10H14N2O3. The van der Waals surface area contributed by atoms with Crippen LogP contribution in [-0.2, 0) is 4.74 Å². The molecule has 0 N–H and O–H groups in total. The number of aromatic nitrogens is 1. The van der Waals surface area contributed by atoms with Gasteiger partial charge in [-0.25, -0.2) is 0 Å². The van der Waals surface area contributed by atoms with Crippen LogP contribution < -0.4 is 0 Å². The van der Waals surface area contributed by atoms with Gasteiger partial charge in [-0.2, -0.15) is 0 Å². The SMILES string of the molecule is Cc1cc(C(=O)N2CCOC[C@@H]2C)on1. The average Bonchev–Trinajstić information content (AvgIpc) is 2.65. The highest BCUT2D eigenvalue weighted by Gasteiger charge is 2.27. The molecule has 2 heterocycles. The standard InChI is InChI=1S/C10H14N2O3/c1-7-5-9(15-11-7)10(13)12-3-4-14-6-8(12)2/h5,8H,3-4,6H2,1-2H3/t8-/m0/s1. The van der Waals surface area contributed by atoms with E-state index in [1.54, 1.807) is 17.9 Å². The second-order valence-corrected chi connectivity index (χ2v) is 3.76. The number of carbonyl (C=O) groups is 1. The average molecular weight is 210 g/mol. The van der Waals surface area contributed by atoms with E-state index >= 15 is 0 Å². The molecule has 0 aliphatic carbocycles. The largest absolute Gasteiger partial charge is 0.377 e. The summed E-state index contributed by atoms with van der Waals surface area (Å²) < 4.78 is 10.2. The topological polar surface area (TPSA) is 55.6 Å². The molecule has 0 spiro atoms. The predicted octanol–water partition coefficient (Wildman–Crippen LogP) is 0.844. The van der Waals surface area contributed by atoms with E-state index in [0.717, 1.165) is 5.69 Å². The number of morpholine rings is 1. The second kappa shape index (κ2) is 4.02. The monoisotopic (exact) mass is 210 g/mol. The summed E-state index contributed by atoms with van der Waals surface area (Å²) in [6, 6.07) is 1.75. The molecule has 1 aromatic rings. The van der Waals surface area contributed by atoms with E-state index in [2.05, 4.69) is 5.16 Å². The normalized spacial score (nSPS) is 21.7. The van der Waals surface area contributed by atoms with Crippen molar-refractivity contribution in [1.82, 2.24) is 10.1 Å². The Labute approximate surface area is 88.0 Å². The molecule has 82 valence electrons. The van der Waals surface area contributed by atoms with Crippen LogP contribution in [0.15, 0.2) is 10.6 Å². The molecule has 1 saturated heterocycles. The lowest BCUT2D eigenvalue weighted by atomic mass is 10.2. The summed E-state index contributed by atoms with van der Waals surface area (Å²) in [5, 5.41) is 3.70. The van der Waals surface area contributed by atoms with Crippen LogP contribution in [0.3, 0.4) is 0 Å². The van der Waals surface area contributed by atoms with E-state index in [1.165, 1.54) is 0 Å².